The van der Waals surface area contributed by atoms with Gasteiger partial charge in [0.15, 0.2) is 0 Å². The zero-order valence-electron chi connectivity index (χ0n) is 0.618. The summed E-state index contributed by atoms with van der Waals surface area (Å²) in [5, 5.41) is 0. The van der Waals surface area contributed by atoms with E-state index >= 15 is 0 Å². The molecule has 4 heavy (non-hydrogen) atoms. The Kier molecular flexibility index (Phi) is 182. The third-order valence-electron chi connectivity index (χ3n) is 0. The molecule has 0 aromatic rings. The minimum atomic E-state index is 0. The molecule has 0 rings (SSSR count). The second kappa shape index (κ2) is 19.8. The molecule has 3 heteroatoms. The topological polar surface area (TPSA) is 0 Å². The molecule has 1 radical (unpaired) electrons. The maximum Gasteiger partial charge on any atom is 0 e. The van der Waals surface area contributed by atoms with Gasteiger partial charge in [0.1, 0.15) is 0 Å². The Morgan fingerprint density at radius 1 is 1.00 bits per heavy atom. The van der Waals surface area contributed by atoms with E-state index in [4.69, 9.17) is 0 Å². The molecule has 0 aliphatic heterocycles. The molecule has 0 unspecified atom stereocenters. The molecular formula is CH7AuGaPd. The molecule has 0 saturated heterocycles. The van der Waals surface area contributed by atoms with Crippen molar-refractivity contribution in [3.05, 3.63) is 0 Å². The van der Waals surface area contributed by atoms with Gasteiger partial charge in [-0.15, -0.1) is 0 Å². The summed E-state index contributed by atoms with van der Waals surface area (Å²) in [5.41, 5.74) is 0. The van der Waals surface area contributed by atoms with Gasteiger partial charge >= 0.3 is 19.8 Å². The van der Waals surface area contributed by atoms with Gasteiger partial charge in [0.05, 0.1) is 0 Å². The molecular weight excluding hydrogens is 385 g/mol. The van der Waals surface area contributed by atoms with Crippen LogP contribution < -0.4 is 0 Å². The molecule has 0 bridgehead atoms. The van der Waals surface area contributed by atoms with Crippen molar-refractivity contribution in [2.24, 2.45) is 0 Å². The van der Waals surface area contributed by atoms with Gasteiger partial charge in [-0.3, -0.25) is 0 Å². The fraction of sp³-hybridized carbons (Fsp3) is 1.00. The largest absolute Gasteiger partial charge is 0 e. The SMILES string of the molecule is C.[Au].[GaH3].[Pd]. The average molecular weight is 392 g/mol. The fourth-order valence-corrected chi connectivity index (χ4v) is 0. The Labute approximate surface area is 69.3 Å². The summed E-state index contributed by atoms with van der Waals surface area (Å²) in [6.45, 7) is 0. The molecule has 0 saturated carbocycles. The maximum atomic E-state index is 0. The summed E-state index contributed by atoms with van der Waals surface area (Å²) < 4.78 is 0. The van der Waals surface area contributed by atoms with E-state index in [-0.39, 0.29) is 70.0 Å². The molecule has 0 heterocycles. The van der Waals surface area contributed by atoms with E-state index in [0.717, 1.165) is 0 Å². The Balaban J connectivity index is 0. The zero-order valence-corrected chi connectivity index (χ0v) is 4.34. The van der Waals surface area contributed by atoms with Gasteiger partial charge in [-0.25, -0.2) is 0 Å². The van der Waals surface area contributed by atoms with Crippen LogP contribution in [0.3, 0.4) is 0 Å². The molecule has 0 aromatic heterocycles. The van der Waals surface area contributed by atoms with Crippen molar-refractivity contribution in [2.75, 3.05) is 0 Å². The van der Waals surface area contributed by atoms with Gasteiger partial charge in [0.25, 0.3) is 0 Å². The first kappa shape index (κ1) is 36.9. The van der Waals surface area contributed by atoms with Crippen LogP contribution >= 0.6 is 0 Å². The normalized spacial score (nSPS) is 0. The zero-order chi connectivity index (χ0) is 0. The molecule has 0 aliphatic rings. The van der Waals surface area contributed by atoms with E-state index in [1.54, 1.807) is 0 Å². The van der Waals surface area contributed by atoms with Crippen LogP contribution in [0.25, 0.3) is 0 Å². The van der Waals surface area contributed by atoms with Gasteiger partial charge in [-0.05, 0) is 0 Å². The quantitative estimate of drug-likeness (QED) is 0.486. The van der Waals surface area contributed by atoms with E-state index in [1.165, 1.54) is 0 Å². The van der Waals surface area contributed by atoms with E-state index in [0.29, 0.717) is 0 Å². The molecule has 35 valence electrons. The summed E-state index contributed by atoms with van der Waals surface area (Å²) in [6.07, 6.45) is 0. The van der Waals surface area contributed by atoms with Crippen LogP contribution in [0.5, 0.6) is 0 Å². The first-order valence-electron chi connectivity index (χ1n) is 0. The smallest absolute Gasteiger partial charge is 0 e. The molecule has 0 N–H and O–H groups in total. The summed E-state index contributed by atoms with van der Waals surface area (Å²) in [6, 6.07) is 0. The van der Waals surface area contributed by atoms with Crippen molar-refractivity contribution < 1.29 is 42.8 Å². The van der Waals surface area contributed by atoms with Crippen LogP contribution in [-0.4, -0.2) is 19.8 Å². The Hall–Kier alpha value is 2.04. The van der Waals surface area contributed by atoms with Crippen LogP contribution in [0.4, 0.5) is 0 Å². The standard InChI is InChI=1S/CH4.Au.Ga.Pd.3H/h1H4;;;;;;. The number of hydrogen-bond donors (Lipinski definition) is 0. The third kappa shape index (κ3) is 8.97. The molecule has 0 fully saturated rings. The van der Waals surface area contributed by atoms with Crippen LogP contribution in [0, 0.1) is 0 Å². The minimum absolute atomic E-state index is 0. The van der Waals surface area contributed by atoms with Crippen molar-refractivity contribution in [2.45, 2.75) is 7.43 Å². The van der Waals surface area contributed by atoms with Gasteiger partial charge in [-0.1, -0.05) is 7.43 Å². The van der Waals surface area contributed by atoms with Crippen molar-refractivity contribution in [3.8, 4) is 0 Å². The molecule has 0 atom stereocenters. The molecule has 0 nitrogen and oxygen atoms in total. The number of hydrogen-bond acceptors (Lipinski definition) is 0. The Morgan fingerprint density at radius 3 is 1.00 bits per heavy atom. The fourth-order valence-electron chi connectivity index (χ4n) is 0. The predicted octanol–water partition coefficient (Wildman–Crippen LogP) is -0.553. The van der Waals surface area contributed by atoms with Crippen molar-refractivity contribution in [1.29, 1.82) is 0 Å². The molecule has 0 amide bonds. The summed E-state index contributed by atoms with van der Waals surface area (Å²) in [7, 11) is 0. The summed E-state index contributed by atoms with van der Waals surface area (Å²) in [5.74, 6) is 0. The van der Waals surface area contributed by atoms with Crippen LogP contribution in [0.2, 0.25) is 0 Å². The minimum Gasteiger partial charge on any atom is 0 e. The first-order chi connectivity index (χ1) is 0. The van der Waals surface area contributed by atoms with Gasteiger partial charge < -0.3 is 0 Å². The van der Waals surface area contributed by atoms with E-state index in [2.05, 4.69) is 0 Å². The van der Waals surface area contributed by atoms with Crippen molar-refractivity contribution in [3.63, 3.8) is 0 Å². The van der Waals surface area contributed by atoms with Crippen LogP contribution in [0.1, 0.15) is 7.43 Å². The second-order valence-corrected chi connectivity index (χ2v) is 0. The van der Waals surface area contributed by atoms with E-state index < -0.39 is 0 Å². The van der Waals surface area contributed by atoms with Crippen molar-refractivity contribution in [1.82, 2.24) is 0 Å². The average Bonchev–Trinajstić information content (AvgIpc) is 0. The second-order valence-electron chi connectivity index (χ2n) is 0. The monoisotopic (exact) mass is 391 g/mol. The van der Waals surface area contributed by atoms with Gasteiger partial charge in [-0.2, -0.15) is 0 Å². The molecule has 0 aliphatic carbocycles. The van der Waals surface area contributed by atoms with Crippen LogP contribution in [-0.2, 0) is 42.8 Å². The Morgan fingerprint density at radius 2 is 1.00 bits per heavy atom. The summed E-state index contributed by atoms with van der Waals surface area (Å²) >= 11 is 0. The van der Waals surface area contributed by atoms with E-state index in [9.17, 15) is 0 Å². The molecule has 0 aromatic carbocycles. The summed E-state index contributed by atoms with van der Waals surface area (Å²) in [4.78, 5) is 0. The predicted molar refractivity (Wildman–Crippen MR) is 16.7 cm³/mol. The van der Waals surface area contributed by atoms with Crippen LogP contribution in [0.15, 0.2) is 0 Å². The first-order valence-corrected chi connectivity index (χ1v) is 0. The Bertz CT molecular complexity index is 8.00. The molecule has 0 spiro atoms. The van der Waals surface area contributed by atoms with Gasteiger partial charge in [0.2, 0.25) is 0 Å². The number of rotatable bonds is 0. The maximum absolute atomic E-state index is 0. The van der Waals surface area contributed by atoms with Crippen molar-refractivity contribution >= 4 is 19.8 Å². The van der Waals surface area contributed by atoms with Gasteiger partial charge in [0, 0.05) is 42.8 Å². The third-order valence-corrected chi connectivity index (χ3v) is 0. The van der Waals surface area contributed by atoms with E-state index in [1.807, 2.05) is 0 Å².